The summed E-state index contributed by atoms with van der Waals surface area (Å²) in [5.74, 6) is -1.88. The van der Waals surface area contributed by atoms with Crippen molar-refractivity contribution in [2.75, 3.05) is 19.4 Å². The average Bonchev–Trinajstić information content (AvgIpc) is 3.38. The molecule has 0 aliphatic heterocycles. The molecular formula is C22H19Cl2F3N8O. The molecule has 188 valence electrons. The third kappa shape index (κ3) is 5.30. The van der Waals surface area contributed by atoms with E-state index in [1.807, 2.05) is 0 Å². The highest BCUT2D eigenvalue weighted by atomic mass is 35.5. The number of halogens is 5. The van der Waals surface area contributed by atoms with Crippen LogP contribution in [-0.4, -0.2) is 49.4 Å². The van der Waals surface area contributed by atoms with E-state index < -0.39 is 17.9 Å². The van der Waals surface area contributed by atoms with Crippen LogP contribution in [0.15, 0.2) is 48.7 Å². The quantitative estimate of drug-likeness (QED) is 0.353. The molecule has 0 bridgehead atoms. The van der Waals surface area contributed by atoms with E-state index in [1.165, 1.54) is 10.9 Å². The smallest absolute Gasteiger partial charge is 0.364 e. The van der Waals surface area contributed by atoms with Gasteiger partial charge in [0.2, 0.25) is 0 Å². The first-order valence-corrected chi connectivity index (χ1v) is 11.1. The fourth-order valence-electron chi connectivity index (χ4n) is 3.37. The number of alkyl halides is 3. The number of hydrogen-bond donors (Lipinski definition) is 2. The summed E-state index contributed by atoms with van der Waals surface area (Å²) < 4.78 is 42.1. The predicted octanol–water partition coefficient (Wildman–Crippen LogP) is 4.68. The van der Waals surface area contributed by atoms with Gasteiger partial charge in [0.25, 0.3) is 11.7 Å². The number of rotatable bonds is 7. The van der Waals surface area contributed by atoms with Gasteiger partial charge < -0.3 is 16.0 Å². The second-order valence-corrected chi connectivity index (χ2v) is 8.76. The van der Waals surface area contributed by atoms with Crippen molar-refractivity contribution in [1.29, 1.82) is 0 Å². The van der Waals surface area contributed by atoms with Gasteiger partial charge in [-0.25, -0.2) is 14.3 Å². The summed E-state index contributed by atoms with van der Waals surface area (Å²) in [6, 6.07) is 11.3. The third-order valence-electron chi connectivity index (χ3n) is 4.89. The summed E-state index contributed by atoms with van der Waals surface area (Å²) in [4.78, 5) is 17.3. The molecule has 0 spiro atoms. The monoisotopic (exact) mass is 538 g/mol. The number of primary amides is 1. The predicted molar refractivity (Wildman–Crippen MR) is 129 cm³/mol. The minimum Gasteiger partial charge on any atom is -0.364 e. The number of anilines is 2. The van der Waals surface area contributed by atoms with Crippen molar-refractivity contribution in [1.82, 2.24) is 29.4 Å². The van der Waals surface area contributed by atoms with Gasteiger partial charge in [0.15, 0.2) is 5.69 Å². The van der Waals surface area contributed by atoms with Gasteiger partial charge in [-0.3, -0.25) is 4.79 Å². The van der Waals surface area contributed by atoms with E-state index >= 15 is 0 Å². The van der Waals surface area contributed by atoms with Crippen LogP contribution in [0.1, 0.15) is 22.1 Å². The van der Waals surface area contributed by atoms with Crippen molar-refractivity contribution >= 4 is 40.5 Å². The molecule has 9 nitrogen and oxygen atoms in total. The molecule has 14 heteroatoms. The molecule has 3 N–H and O–H groups in total. The Balaban J connectivity index is 1.66. The lowest BCUT2D eigenvalue weighted by atomic mass is 10.2. The fraction of sp³-hybridized carbons (Fsp3) is 0.182. The van der Waals surface area contributed by atoms with Crippen LogP contribution >= 0.6 is 23.2 Å². The number of nitrogens with zero attached hydrogens (tertiary/aromatic N) is 6. The number of amides is 1. The molecule has 0 unspecified atom stereocenters. The normalized spacial score (nSPS) is 11.8. The molecule has 0 aliphatic rings. The van der Waals surface area contributed by atoms with Crippen LogP contribution in [-0.2, 0) is 12.7 Å². The molecule has 2 heterocycles. The number of carbonyl (C=O) groups excluding carboxylic acids is 1. The van der Waals surface area contributed by atoms with Gasteiger partial charge in [-0.1, -0.05) is 29.3 Å². The minimum atomic E-state index is -4.68. The Labute approximate surface area is 213 Å². The molecule has 36 heavy (non-hydrogen) atoms. The van der Waals surface area contributed by atoms with E-state index in [1.54, 1.807) is 61.5 Å². The number of aromatic nitrogens is 5. The fourth-order valence-corrected chi connectivity index (χ4v) is 3.94. The van der Waals surface area contributed by atoms with E-state index in [0.717, 1.165) is 4.68 Å². The van der Waals surface area contributed by atoms with Crippen molar-refractivity contribution in [3.05, 3.63) is 76.0 Å². The van der Waals surface area contributed by atoms with Crippen LogP contribution in [0.4, 0.5) is 24.5 Å². The van der Waals surface area contributed by atoms with Crippen molar-refractivity contribution in [3.63, 3.8) is 0 Å². The summed E-state index contributed by atoms with van der Waals surface area (Å²) in [7, 11) is 3.43. The molecule has 4 aromatic rings. The number of hydrogen-bond acceptors (Lipinski definition) is 6. The molecule has 0 saturated carbocycles. The van der Waals surface area contributed by atoms with E-state index in [0.29, 0.717) is 27.1 Å². The minimum absolute atomic E-state index is 0.0607. The molecule has 2 aromatic heterocycles. The standard InChI is InChI=1S/C22H19Cl2F3N8O/c1-33(2)11-17-30-21(22(25,26)27)32-35(17)13-8-6-12(7-9-13)29-16-10-34(31-18(16)20(28)36)19-14(23)4-3-5-15(19)24/h3-10,29H,11H2,1-2H3,(H2,28,36). The highest BCUT2D eigenvalue weighted by Gasteiger charge is 2.37. The first kappa shape index (κ1) is 25.5. The lowest BCUT2D eigenvalue weighted by Crippen LogP contribution is -2.15. The second-order valence-electron chi connectivity index (χ2n) is 7.94. The lowest BCUT2D eigenvalue weighted by Gasteiger charge is -2.11. The third-order valence-corrected chi connectivity index (χ3v) is 5.50. The van der Waals surface area contributed by atoms with Gasteiger partial charge >= 0.3 is 6.18 Å². The zero-order valence-electron chi connectivity index (χ0n) is 18.9. The van der Waals surface area contributed by atoms with E-state index in [-0.39, 0.29) is 23.8 Å². The van der Waals surface area contributed by atoms with Crippen LogP contribution in [0.3, 0.4) is 0 Å². The Bertz CT molecular complexity index is 1390. The summed E-state index contributed by atoms with van der Waals surface area (Å²) in [6.07, 6.45) is -3.17. The van der Waals surface area contributed by atoms with Gasteiger partial charge in [-0.15, -0.1) is 5.10 Å². The first-order chi connectivity index (χ1) is 16.9. The van der Waals surface area contributed by atoms with Gasteiger partial charge in [-0.05, 0) is 50.5 Å². The van der Waals surface area contributed by atoms with Crippen LogP contribution in [0, 0.1) is 0 Å². The van der Waals surface area contributed by atoms with E-state index in [4.69, 9.17) is 28.9 Å². The van der Waals surface area contributed by atoms with Crippen molar-refractivity contribution in [2.45, 2.75) is 12.7 Å². The van der Waals surface area contributed by atoms with E-state index in [2.05, 4.69) is 20.5 Å². The first-order valence-electron chi connectivity index (χ1n) is 10.3. The number of nitrogens with one attached hydrogen (secondary N) is 1. The Morgan fingerprint density at radius 1 is 1.08 bits per heavy atom. The molecule has 1 amide bonds. The van der Waals surface area contributed by atoms with Gasteiger partial charge in [-0.2, -0.15) is 18.3 Å². The SMILES string of the molecule is CN(C)Cc1nc(C(F)(F)F)nn1-c1ccc(Nc2cn(-c3c(Cl)cccc3Cl)nc2C(N)=O)cc1. The Hall–Kier alpha value is -3.61. The average molecular weight is 539 g/mol. The molecule has 0 atom stereocenters. The van der Waals surface area contributed by atoms with Crippen molar-refractivity contribution in [3.8, 4) is 11.4 Å². The van der Waals surface area contributed by atoms with Crippen molar-refractivity contribution < 1.29 is 18.0 Å². The molecule has 4 rings (SSSR count). The number of nitrogens with two attached hydrogens (primary N) is 1. The molecule has 0 radical (unpaired) electrons. The zero-order valence-corrected chi connectivity index (χ0v) is 20.4. The highest BCUT2D eigenvalue weighted by molar-refractivity contribution is 6.37. The molecule has 0 aliphatic carbocycles. The maximum absolute atomic E-state index is 13.2. The highest BCUT2D eigenvalue weighted by Crippen LogP contribution is 2.31. The van der Waals surface area contributed by atoms with Crippen molar-refractivity contribution in [2.24, 2.45) is 5.73 Å². The lowest BCUT2D eigenvalue weighted by molar-refractivity contribution is -0.144. The van der Waals surface area contributed by atoms with Gasteiger partial charge in [0.1, 0.15) is 11.5 Å². The summed E-state index contributed by atoms with van der Waals surface area (Å²) in [6.45, 7) is 0.148. The van der Waals surface area contributed by atoms with Gasteiger partial charge in [0.05, 0.1) is 34.2 Å². The van der Waals surface area contributed by atoms with Crippen LogP contribution in [0.5, 0.6) is 0 Å². The Kier molecular flexibility index (Phi) is 6.94. The van der Waals surface area contributed by atoms with Gasteiger partial charge in [0, 0.05) is 5.69 Å². The van der Waals surface area contributed by atoms with Crippen LogP contribution < -0.4 is 11.1 Å². The topological polar surface area (TPSA) is 107 Å². The number of benzene rings is 2. The van der Waals surface area contributed by atoms with Crippen LogP contribution in [0.25, 0.3) is 11.4 Å². The zero-order chi connectivity index (χ0) is 26.2. The molecule has 2 aromatic carbocycles. The molecule has 0 fully saturated rings. The number of para-hydroxylation sites is 1. The summed E-state index contributed by atoms with van der Waals surface area (Å²) >= 11 is 12.5. The Morgan fingerprint density at radius 2 is 1.72 bits per heavy atom. The number of carbonyl (C=O) groups is 1. The largest absolute Gasteiger partial charge is 0.453 e. The van der Waals surface area contributed by atoms with Crippen LogP contribution in [0.2, 0.25) is 10.0 Å². The maximum Gasteiger partial charge on any atom is 0.453 e. The Morgan fingerprint density at radius 3 is 2.28 bits per heavy atom. The summed E-state index contributed by atoms with van der Waals surface area (Å²) in [5.41, 5.74) is 6.96. The van der Waals surface area contributed by atoms with E-state index in [9.17, 15) is 18.0 Å². The summed E-state index contributed by atoms with van der Waals surface area (Å²) in [5, 5.41) is 11.5. The maximum atomic E-state index is 13.2. The molecular weight excluding hydrogens is 520 g/mol. The molecule has 0 saturated heterocycles. The second kappa shape index (κ2) is 9.80.